The molecule has 0 aromatic heterocycles. The van der Waals surface area contributed by atoms with Crippen molar-refractivity contribution in [2.45, 2.75) is 92.1 Å². The number of ketones is 1. The fourth-order valence-electron chi connectivity index (χ4n) is 7.50. The largest absolute Gasteiger partial charge is 0.393 e. The van der Waals surface area contributed by atoms with Crippen LogP contribution in [0.15, 0.2) is 16.8 Å². The second-order valence-corrected chi connectivity index (χ2v) is 10.5. The first kappa shape index (κ1) is 19.2. The van der Waals surface area contributed by atoms with E-state index < -0.39 is 0 Å². The molecule has 6 atom stereocenters. The van der Waals surface area contributed by atoms with Gasteiger partial charge < -0.3 is 4.84 Å². The number of hydrogen-bond acceptors (Lipinski definition) is 3. The third kappa shape index (κ3) is 3.00. The summed E-state index contributed by atoms with van der Waals surface area (Å²) in [6.45, 7) is 11.3. The Morgan fingerprint density at radius 3 is 2.63 bits per heavy atom. The number of allylic oxidation sites excluding steroid dienone is 1. The first-order chi connectivity index (χ1) is 12.8. The lowest BCUT2D eigenvalue weighted by Crippen LogP contribution is -2.51. The van der Waals surface area contributed by atoms with Crippen molar-refractivity contribution in [2.24, 2.45) is 39.7 Å². The van der Waals surface area contributed by atoms with E-state index in [1.165, 1.54) is 43.4 Å². The topological polar surface area (TPSA) is 38.7 Å². The summed E-state index contributed by atoms with van der Waals surface area (Å²) in [6, 6.07) is 0. The molecule has 4 aliphatic carbocycles. The van der Waals surface area contributed by atoms with Crippen LogP contribution in [0.25, 0.3) is 0 Å². The molecule has 0 aromatic rings. The molecule has 0 bridgehead atoms. The van der Waals surface area contributed by atoms with Gasteiger partial charge in [0.15, 0.2) is 5.78 Å². The van der Waals surface area contributed by atoms with E-state index in [-0.39, 0.29) is 11.5 Å². The molecular weight excluding hydrogens is 334 g/mol. The number of oxime groups is 1. The summed E-state index contributed by atoms with van der Waals surface area (Å²) >= 11 is 0. The van der Waals surface area contributed by atoms with Gasteiger partial charge >= 0.3 is 0 Å². The van der Waals surface area contributed by atoms with Crippen LogP contribution in [0.4, 0.5) is 0 Å². The molecule has 0 heterocycles. The fraction of sp³-hybridized carbons (Fsp3) is 0.833. The molecular formula is C24H37NO2. The summed E-state index contributed by atoms with van der Waals surface area (Å²) in [7, 11) is 0. The van der Waals surface area contributed by atoms with Crippen molar-refractivity contribution in [3.8, 4) is 0 Å². The lowest BCUT2D eigenvalue weighted by Gasteiger charge is -2.58. The number of carbonyl (C=O) groups is 1. The minimum atomic E-state index is 0.151. The van der Waals surface area contributed by atoms with Gasteiger partial charge in [0, 0.05) is 12.3 Å². The summed E-state index contributed by atoms with van der Waals surface area (Å²) in [5, 5.41) is 4.50. The van der Waals surface area contributed by atoms with Crippen molar-refractivity contribution in [1.29, 1.82) is 0 Å². The summed E-state index contributed by atoms with van der Waals surface area (Å²) in [4.78, 5) is 17.6. The van der Waals surface area contributed by atoms with Gasteiger partial charge in [-0.3, -0.25) is 4.79 Å². The Bertz CT molecular complexity index is 678. The maximum absolute atomic E-state index is 12.0. The predicted molar refractivity (Wildman–Crippen MR) is 110 cm³/mol. The minimum absolute atomic E-state index is 0.151. The van der Waals surface area contributed by atoms with Crippen molar-refractivity contribution in [3.63, 3.8) is 0 Å². The van der Waals surface area contributed by atoms with Gasteiger partial charge in [0.05, 0.1) is 5.71 Å². The van der Waals surface area contributed by atoms with Crippen LogP contribution in [0.1, 0.15) is 86.0 Å². The highest BCUT2D eigenvalue weighted by molar-refractivity contribution is 5.91. The molecule has 27 heavy (non-hydrogen) atoms. The van der Waals surface area contributed by atoms with Crippen LogP contribution in [0, 0.1) is 34.5 Å². The third-order valence-corrected chi connectivity index (χ3v) is 8.87. The molecule has 3 nitrogen and oxygen atoms in total. The zero-order valence-corrected chi connectivity index (χ0v) is 17.9. The summed E-state index contributed by atoms with van der Waals surface area (Å²) in [5.74, 6) is 3.33. The smallest absolute Gasteiger partial charge is 0.155 e. The van der Waals surface area contributed by atoms with Gasteiger partial charge in [-0.2, -0.15) is 0 Å². The monoisotopic (exact) mass is 371 g/mol. The molecule has 0 amide bonds. The molecule has 150 valence electrons. The van der Waals surface area contributed by atoms with Crippen LogP contribution in [0.5, 0.6) is 0 Å². The number of rotatable bonds is 3. The number of hydrogen-bond donors (Lipinski definition) is 0. The summed E-state index contributed by atoms with van der Waals surface area (Å²) in [5.41, 5.74) is 3.33. The molecule has 0 radical (unpaired) electrons. The van der Waals surface area contributed by atoms with Crippen LogP contribution in [-0.4, -0.2) is 17.6 Å². The van der Waals surface area contributed by atoms with Crippen molar-refractivity contribution >= 4 is 11.5 Å². The van der Waals surface area contributed by atoms with Crippen LogP contribution in [0.2, 0.25) is 0 Å². The Morgan fingerprint density at radius 1 is 1.11 bits per heavy atom. The van der Waals surface area contributed by atoms with Crippen LogP contribution in [0.3, 0.4) is 0 Å². The van der Waals surface area contributed by atoms with E-state index >= 15 is 0 Å². The molecule has 3 heteroatoms. The van der Waals surface area contributed by atoms with Gasteiger partial charge in [-0.05, 0) is 100 Å². The maximum Gasteiger partial charge on any atom is 0.155 e. The lowest BCUT2D eigenvalue weighted by molar-refractivity contribution is -0.117. The van der Waals surface area contributed by atoms with Gasteiger partial charge in [-0.1, -0.05) is 24.6 Å². The molecule has 0 saturated heterocycles. The zero-order valence-electron chi connectivity index (χ0n) is 17.9. The Morgan fingerprint density at radius 2 is 1.89 bits per heavy atom. The van der Waals surface area contributed by atoms with E-state index in [0.717, 1.165) is 37.0 Å². The minimum Gasteiger partial charge on any atom is -0.393 e. The van der Waals surface area contributed by atoms with E-state index in [1.54, 1.807) is 0 Å². The second-order valence-electron chi connectivity index (χ2n) is 10.5. The predicted octanol–water partition coefficient (Wildman–Crippen LogP) is 5.94. The van der Waals surface area contributed by atoms with E-state index in [0.29, 0.717) is 17.1 Å². The number of carbonyl (C=O) groups excluding carboxylic acids is 1. The van der Waals surface area contributed by atoms with Crippen molar-refractivity contribution in [1.82, 2.24) is 0 Å². The molecule has 0 aromatic carbocycles. The molecule has 1 unspecified atom stereocenters. The molecule has 0 aliphatic heterocycles. The number of nitrogens with zero attached hydrogens (tertiary/aromatic N) is 1. The highest BCUT2D eigenvalue weighted by Gasteiger charge is 2.59. The molecule has 0 spiro atoms. The van der Waals surface area contributed by atoms with Crippen molar-refractivity contribution < 1.29 is 9.63 Å². The average molecular weight is 372 g/mol. The molecule has 0 N–H and O–H groups in total. The van der Waals surface area contributed by atoms with Gasteiger partial charge in [0.25, 0.3) is 0 Å². The highest BCUT2D eigenvalue weighted by atomic mass is 16.6. The first-order valence-corrected chi connectivity index (χ1v) is 11.2. The van der Waals surface area contributed by atoms with Gasteiger partial charge in [0.2, 0.25) is 0 Å². The third-order valence-electron chi connectivity index (χ3n) is 8.87. The standard InChI is InChI=1S/C24H37NO2/c1-15(2)27-25-16(3)20-8-9-21-19-7-6-17-14-18(26)10-12-23(17,4)22(19)11-13-24(20,21)5/h14-15,19-22H,6-13H2,1-5H3/b25-16+/t19?,20-,21+,22+,23+,24-/m1/s1. The van der Waals surface area contributed by atoms with E-state index in [1.807, 2.05) is 19.9 Å². The lowest BCUT2D eigenvalue weighted by atomic mass is 9.46. The highest BCUT2D eigenvalue weighted by Crippen LogP contribution is 2.66. The zero-order chi connectivity index (χ0) is 19.4. The van der Waals surface area contributed by atoms with Crippen LogP contribution >= 0.6 is 0 Å². The Balaban J connectivity index is 1.58. The SMILES string of the molecule is C/C(=N\OC(C)C)[C@H]1CC[C@H]2C3CCC4=CC(=O)CC[C@]4(C)[C@H]3CC[C@]12C. The summed E-state index contributed by atoms with van der Waals surface area (Å²) < 4.78 is 0. The van der Waals surface area contributed by atoms with E-state index in [2.05, 4.69) is 25.9 Å². The van der Waals surface area contributed by atoms with Crippen LogP contribution in [-0.2, 0) is 9.63 Å². The van der Waals surface area contributed by atoms with Crippen LogP contribution < -0.4 is 0 Å². The fourth-order valence-corrected chi connectivity index (χ4v) is 7.50. The molecule has 4 aliphatic rings. The van der Waals surface area contributed by atoms with Crippen molar-refractivity contribution in [2.75, 3.05) is 0 Å². The Hall–Kier alpha value is -1.12. The maximum atomic E-state index is 12.0. The molecule has 3 saturated carbocycles. The first-order valence-electron chi connectivity index (χ1n) is 11.2. The summed E-state index contributed by atoms with van der Waals surface area (Å²) in [6.07, 6.45) is 11.6. The second kappa shape index (κ2) is 6.74. The van der Waals surface area contributed by atoms with E-state index in [4.69, 9.17) is 4.84 Å². The number of fused-ring (bicyclic) bond motifs is 5. The van der Waals surface area contributed by atoms with E-state index in [9.17, 15) is 4.79 Å². The van der Waals surface area contributed by atoms with Gasteiger partial charge in [-0.25, -0.2) is 0 Å². The Labute approximate surface area is 165 Å². The van der Waals surface area contributed by atoms with Gasteiger partial charge in [-0.15, -0.1) is 0 Å². The molecule has 4 rings (SSSR count). The normalized spacial score (nSPS) is 44.4. The molecule has 3 fully saturated rings. The Kier molecular flexibility index (Phi) is 4.79. The average Bonchev–Trinajstić information content (AvgIpc) is 2.97. The van der Waals surface area contributed by atoms with Crippen molar-refractivity contribution in [3.05, 3.63) is 11.6 Å². The quantitative estimate of drug-likeness (QED) is 0.455. The van der Waals surface area contributed by atoms with Gasteiger partial charge in [0.1, 0.15) is 6.10 Å².